The van der Waals surface area contributed by atoms with Gasteiger partial charge in [0.05, 0.1) is 29.1 Å². The molecule has 0 unspecified atom stereocenters. The monoisotopic (exact) mass is 1470 g/mol. The number of carboxylic acid groups (broad SMARTS) is 1. The Morgan fingerprint density at radius 1 is 0.657 bits per heavy atom. The van der Waals surface area contributed by atoms with Crippen molar-refractivity contribution in [1.29, 1.82) is 0 Å². The molecule has 0 aliphatic carbocycles. The molecular weight excluding hydrogens is 1400 g/mol. The van der Waals surface area contributed by atoms with E-state index in [9.17, 15) is 69.6 Å². The van der Waals surface area contributed by atoms with Gasteiger partial charge < -0.3 is 113 Å². The number of aromatic hydroxyl groups is 3. The van der Waals surface area contributed by atoms with Gasteiger partial charge in [-0.1, -0.05) is 79.0 Å². The number of phenolic OH excluding ortho intramolecular Hbond substituents is 3. The first-order valence-electron chi connectivity index (χ1n) is 31.6. The lowest BCUT2D eigenvalue weighted by molar-refractivity contribution is -0.281. The molecule has 18 N–H and O–H groups in total. The summed E-state index contributed by atoms with van der Waals surface area (Å²) in [6.07, 6.45) is -13.9. The van der Waals surface area contributed by atoms with E-state index in [-0.39, 0.29) is 52.2 Å². The minimum absolute atomic E-state index is 0.0922. The first-order chi connectivity index (χ1) is 48.4. The van der Waals surface area contributed by atoms with Gasteiger partial charge in [0.15, 0.2) is 17.5 Å². The molecule has 1 saturated heterocycles. The van der Waals surface area contributed by atoms with Gasteiger partial charge in [0.2, 0.25) is 59.3 Å². The molecule has 14 atom stereocenters. The third kappa shape index (κ3) is 16.6. The molecule has 102 heavy (non-hydrogen) atoms. The van der Waals surface area contributed by atoms with Crippen LogP contribution in [0.1, 0.15) is 97.3 Å². The Labute approximate surface area is 594 Å². The average molecular weight is 1470 g/mol. The summed E-state index contributed by atoms with van der Waals surface area (Å²) >= 11 is 20.3. The zero-order valence-corrected chi connectivity index (χ0v) is 56.6. The molecule has 34 heteroatoms. The number of phenols is 3. The van der Waals surface area contributed by atoms with Crippen LogP contribution in [0, 0.1) is 5.92 Å². The Bertz CT molecular complexity index is 4280. The van der Waals surface area contributed by atoms with E-state index in [1.165, 1.54) is 26.1 Å². The first kappa shape index (κ1) is 74.6. The maximum atomic E-state index is 16.0. The molecule has 540 valence electrons. The number of hydrogen-bond donors (Lipinski definition) is 17. The SMILES string of the molecule is CN[C@H](CC(C)C)C(=O)N[C@H]1C(=O)N[C@@H](CC(N)=O)C(=O)N[C@H]2C(=O)N[C@H]3C(=O)N[C@H](C(=O)N[C@H](C(=O)O)c4cc(O)cc(O)c4-c4cc3ccc4O)[C@H](O)c3ccc(c(Cl)c3)Oc3cc2cc(c3O[C@@H]2O[C@H](CNC(C)=O)[C@@H](O)[C@H](OCc3ccc(Cl)cc3)[C@H]2O)Oc2ccc(cc2Cl)[C@H]1O. The van der Waals surface area contributed by atoms with Crippen molar-refractivity contribution in [3.63, 3.8) is 0 Å². The highest BCUT2D eigenvalue weighted by Gasteiger charge is 2.48. The van der Waals surface area contributed by atoms with E-state index in [4.69, 9.17) is 64.2 Å². The van der Waals surface area contributed by atoms with E-state index in [1.54, 1.807) is 24.3 Å². The summed E-state index contributed by atoms with van der Waals surface area (Å²) in [5.41, 5.74) is 3.50. The minimum Gasteiger partial charge on any atom is -0.508 e. The van der Waals surface area contributed by atoms with Crippen molar-refractivity contribution in [2.24, 2.45) is 11.7 Å². The van der Waals surface area contributed by atoms with Crippen LogP contribution in [0.5, 0.6) is 46.0 Å². The molecule has 12 rings (SSSR count). The van der Waals surface area contributed by atoms with Crippen LogP contribution in [0.3, 0.4) is 0 Å². The highest BCUT2D eigenvalue weighted by Crippen LogP contribution is 2.49. The van der Waals surface area contributed by atoms with Gasteiger partial charge in [0, 0.05) is 41.2 Å². The number of likely N-dealkylation sites (N-methyl/N-ethyl adjacent to an activating group) is 1. The standard InChI is InChI=1S/C68H70Cl3N9O22/c1-26(2)15-39(73-4)61(90)79-53-55(86)30-8-13-43(37(70)17-30)99-45-19-32-20-46(59(45)102-68-58(89)60(57(88)47(101-68)24-74-27(3)81)98-25-28-5-10-33(69)11-6-28)100-44-14-9-31(18-38(44)71)56(87)54-66(95)78-52(67(96)97)36-21-34(82)22-42(84)49(36)35-16-29(7-12-41(35)83)50(63(92)80-54)77-64(93)51(32)76-62(91)40(23-48(72)85)75-65(53)94/h5-14,16-22,26,39-40,47,50-58,60,68,73,82-84,86-89H,15,23-25H2,1-4H3,(H2,72,85)(H,74,81)(H,75,94)(H,76,91)(H,77,93)(H,78,95)(H,79,90)(H,80,92)(H,96,97)/t39-,40+,47-,50-,51-,52+,53-,54+,55-,56-,57-,58-,60+,68+/m1/s1. The number of amides is 8. The summed E-state index contributed by atoms with van der Waals surface area (Å²) in [7, 11) is 1.48. The molecule has 0 aromatic heterocycles. The smallest absolute Gasteiger partial charge is 0.330 e. The van der Waals surface area contributed by atoms with E-state index < -0.39 is 213 Å². The molecule has 6 aliphatic heterocycles. The molecule has 6 aromatic rings. The molecule has 6 aliphatic rings. The lowest BCUT2D eigenvalue weighted by Crippen LogP contribution is -2.62. The molecule has 0 saturated carbocycles. The van der Waals surface area contributed by atoms with Crippen LogP contribution in [-0.2, 0) is 59.2 Å². The van der Waals surface area contributed by atoms with E-state index in [0.29, 0.717) is 10.6 Å². The average Bonchev–Trinajstić information content (AvgIpc) is 0.765. The highest BCUT2D eigenvalue weighted by molar-refractivity contribution is 6.32. The molecular formula is C68H70Cl3N9O22. The van der Waals surface area contributed by atoms with Gasteiger partial charge in [0.25, 0.3) is 0 Å². The van der Waals surface area contributed by atoms with Crippen LogP contribution in [0.15, 0.2) is 103 Å². The van der Waals surface area contributed by atoms with Gasteiger partial charge in [-0.2, -0.15) is 0 Å². The van der Waals surface area contributed by atoms with Gasteiger partial charge in [-0.25, -0.2) is 4.79 Å². The third-order valence-electron chi connectivity index (χ3n) is 17.1. The summed E-state index contributed by atoms with van der Waals surface area (Å²) in [6, 6.07) is 5.93. The van der Waals surface area contributed by atoms with Crippen molar-refractivity contribution in [2.45, 2.75) is 125 Å². The summed E-state index contributed by atoms with van der Waals surface area (Å²) in [4.78, 5) is 129. The normalized spacial score (nSPS) is 24.6. The molecule has 11 bridgehead atoms. The summed E-state index contributed by atoms with van der Waals surface area (Å²) in [5.74, 6) is -16.3. The topological polar surface area (TPSA) is 484 Å². The molecule has 6 aromatic carbocycles. The maximum Gasteiger partial charge on any atom is 0.330 e. The van der Waals surface area contributed by atoms with Crippen LogP contribution < -0.4 is 62.5 Å². The number of aliphatic carboxylic acids is 1. The largest absolute Gasteiger partial charge is 0.508 e. The van der Waals surface area contributed by atoms with Crippen LogP contribution in [0.25, 0.3) is 11.1 Å². The Hall–Kier alpha value is -10.1. The van der Waals surface area contributed by atoms with Crippen LogP contribution >= 0.6 is 34.8 Å². The molecule has 0 spiro atoms. The number of halogens is 3. The fourth-order valence-electron chi connectivity index (χ4n) is 11.9. The third-order valence-corrected chi connectivity index (χ3v) is 17.9. The van der Waals surface area contributed by atoms with Crippen LogP contribution in [0.4, 0.5) is 0 Å². The number of hydrogen-bond acceptors (Lipinski definition) is 22. The first-order valence-corrected chi connectivity index (χ1v) is 32.7. The fourth-order valence-corrected chi connectivity index (χ4v) is 12.5. The number of carbonyl (C=O) groups is 9. The predicted molar refractivity (Wildman–Crippen MR) is 358 cm³/mol. The molecule has 31 nitrogen and oxygen atoms in total. The lowest BCUT2D eigenvalue weighted by Gasteiger charge is -2.42. The second-order valence-corrected chi connectivity index (χ2v) is 26.1. The van der Waals surface area contributed by atoms with Gasteiger partial charge in [-0.15, -0.1) is 0 Å². The van der Waals surface area contributed by atoms with Crippen molar-refractivity contribution in [3.05, 3.63) is 152 Å². The van der Waals surface area contributed by atoms with E-state index in [0.717, 1.165) is 66.7 Å². The van der Waals surface area contributed by atoms with Gasteiger partial charge >= 0.3 is 5.97 Å². The van der Waals surface area contributed by atoms with Crippen molar-refractivity contribution in [3.8, 4) is 57.1 Å². The quantitative estimate of drug-likeness (QED) is 0.0703. The zero-order valence-electron chi connectivity index (χ0n) is 54.3. The molecule has 1 fully saturated rings. The van der Waals surface area contributed by atoms with E-state index >= 15 is 14.4 Å². The highest BCUT2D eigenvalue weighted by atomic mass is 35.5. The Kier molecular flexibility index (Phi) is 23.0. The summed E-state index contributed by atoms with van der Waals surface area (Å²) in [5, 5.41) is 113. The van der Waals surface area contributed by atoms with Gasteiger partial charge in [-0.3, -0.25) is 38.4 Å². The number of fused-ring (bicyclic) bond motifs is 15. The number of aliphatic hydroxyl groups is 4. The summed E-state index contributed by atoms with van der Waals surface area (Å²) in [6.45, 7) is 4.15. The molecule has 8 amide bonds. The number of carbonyl (C=O) groups excluding carboxylic acids is 8. The number of primary amides is 1. The van der Waals surface area contributed by atoms with Crippen molar-refractivity contribution < 1.29 is 108 Å². The number of carboxylic acids is 1. The zero-order chi connectivity index (χ0) is 73.9. The number of benzene rings is 6. The van der Waals surface area contributed by atoms with Crippen molar-refractivity contribution in [2.75, 3.05) is 13.6 Å². The fraction of sp³-hybridized carbons (Fsp3) is 0.338. The van der Waals surface area contributed by atoms with Crippen molar-refractivity contribution >= 4 is 88.0 Å². The Morgan fingerprint density at radius 3 is 1.86 bits per heavy atom. The number of aliphatic hydroxyl groups excluding tert-OH is 4. The number of nitrogens with two attached hydrogens (primary N) is 1. The van der Waals surface area contributed by atoms with Crippen LogP contribution in [0.2, 0.25) is 15.1 Å². The molecule has 0 radical (unpaired) electrons. The van der Waals surface area contributed by atoms with Crippen LogP contribution in [-0.4, -0.2) is 163 Å². The molecule has 6 heterocycles. The lowest BCUT2D eigenvalue weighted by atomic mass is 9.89. The number of nitrogens with one attached hydrogen (secondary N) is 8. The summed E-state index contributed by atoms with van der Waals surface area (Å²) < 4.78 is 32.3. The number of ether oxygens (including phenoxy) is 5. The van der Waals surface area contributed by atoms with Gasteiger partial charge in [0.1, 0.15) is 95.6 Å². The predicted octanol–water partition coefficient (Wildman–Crippen LogP) is 2.89. The van der Waals surface area contributed by atoms with E-state index in [2.05, 4.69) is 42.5 Å². The van der Waals surface area contributed by atoms with E-state index in [1.807, 2.05) is 13.8 Å². The maximum absolute atomic E-state index is 16.0. The second-order valence-electron chi connectivity index (χ2n) is 24.8. The second kappa shape index (κ2) is 31.4. The number of rotatable bonds is 15. The Morgan fingerprint density at radius 2 is 1.26 bits per heavy atom. The minimum atomic E-state index is -2.33. The van der Waals surface area contributed by atoms with Crippen molar-refractivity contribution in [1.82, 2.24) is 42.5 Å². The Balaban J connectivity index is 1.23. The van der Waals surface area contributed by atoms with Gasteiger partial charge in [-0.05, 0) is 114 Å².